The van der Waals surface area contributed by atoms with Gasteiger partial charge in [0.2, 0.25) is 5.91 Å². The minimum atomic E-state index is -0.397. The van der Waals surface area contributed by atoms with Crippen LogP contribution in [0.15, 0.2) is 42.5 Å². The van der Waals surface area contributed by atoms with E-state index in [0.29, 0.717) is 30.4 Å². The maximum absolute atomic E-state index is 12.3. The van der Waals surface area contributed by atoms with E-state index in [1.807, 2.05) is 24.3 Å². The average molecular weight is 328 g/mol. The van der Waals surface area contributed by atoms with Crippen LogP contribution in [0.25, 0.3) is 0 Å². The SMILES string of the molecule is COc1ccc(NC(C)C(=O)Nc2ccc3c(c2)OCCO3)cc1. The molecule has 1 aliphatic rings. The second kappa shape index (κ2) is 7.12. The first-order valence-corrected chi connectivity index (χ1v) is 7.77. The zero-order valence-electron chi connectivity index (χ0n) is 13.7. The first kappa shape index (κ1) is 16.0. The number of hydrogen-bond acceptors (Lipinski definition) is 5. The monoisotopic (exact) mass is 328 g/mol. The first-order chi connectivity index (χ1) is 11.7. The third kappa shape index (κ3) is 3.71. The average Bonchev–Trinajstić information content (AvgIpc) is 2.62. The fourth-order valence-corrected chi connectivity index (χ4v) is 2.37. The van der Waals surface area contributed by atoms with Crippen LogP contribution in [0.1, 0.15) is 6.92 Å². The Morgan fingerprint density at radius 2 is 1.71 bits per heavy atom. The predicted molar refractivity (Wildman–Crippen MR) is 92.1 cm³/mol. The zero-order valence-corrected chi connectivity index (χ0v) is 13.7. The highest BCUT2D eigenvalue weighted by Crippen LogP contribution is 2.32. The predicted octanol–water partition coefficient (Wildman–Crippen LogP) is 2.91. The molecule has 1 atom stereocenters. The van der Waals surface area contributed by atoms with Crippen molar-refractivity contribution in [1.29, 1.82) is 0 Å². The topological polar surface area (TPSA) is 68.8 Å². The second-order valence-corrected chi connectivity index (χ2v) is 5.44. The van der Waals surface area contributed by atoms with Crippen LogP contribution < -0.4 is 24.8 Å². The number of anilines is 2. The summed E-state index contributed by atoms with van der Waals surface area (Å²) in [4.78, 5) is 12.3. The molecule has 0 radical (unpaired) electrons. The third-order valence-corrected chi connectivity index (χ3v) is 3.68. The van der Waals surface area contributed by atoms with Crippen LogP contribution in [-0.2, 0) is 4.79 Å². The highest BCUT2D eigenvalue weighted by Gasteiger charge is 2.16. The molecule has 1 heterocycles. The maximum atomic E-state index is 12.3. The molecule has 0 aromatic heterocycles. The summed E-state index contributed by atoms with van der Waals surface area (Å²) in [6, 6.07) is 12.4. The van der Waals surface area contributed by atoms with E-state index in [9.17, 15) is 4.79 Å². The summed E-state index contributed by atoms with van der Waals surface area (Å²) in [6.07, 6.45) is 0. The molecule has 0 bridgehead atoms. The molecule has 6 heteroatoms. The van der Waals surface area contributed by atoms with Crippen LogP contribution in [0.4, 0.5) is 11.4 Å². The van der Waals surface area contributed by atoms with Gasteiger partial charge in [0.05, 0.1) is 7.11 Å². The van der Waals surface area contributed by atoms with Crippen LogP contribution in [0, 0.1) is 0 Å². The van der Waals surface area contributed by atoms with Gasteiger partial charge in [0.1, 0.15) is 25.0 Å². The van der Waals surface area contributed by atoms with Crippen LogP contribution in [0.2, 0.25) is 0 Å². The summed E-state index contributed by atoms with van der Waals surface area (Å²) in [5.74, 6) is 1.98. The summed E-state index contributed by atoms with van der Waals surface area (Å²) >= 11 is 0. The van der Waals surface area contributed by atoms with Crippen LogP contribution in [0.5, 0.6) is 17.2 Å². The Balaban J connectivity index is 1.61. The van der Waals surface area contributed by atoms with E-state index < -0.39 is 6.04 Å². The molecule has 6 nitrogen and oxygen atoms in total. The molecular formula is C18H20N2O4. The Hall–Kier alpha value is -2.89. The van der Waals surface area contributed by atoms with Gasteiger partial charge in [0.15, 0.2) is 11.5 Å². The van der Waals surface area contributed by atoms with Crippen molar-refractivity contribution in [2.75, 3.05) is 31.0 Å². The standard InChI is InChI=1S/C18H20N2O4/c1-12(19-13-3-6-15(22-2)7-4-13)18(21)20-14-5-8-16-17(11-14)24-10-9-23-16/h3-8,11-12,19H,9-10H2,1-2H3,(H,20,21). The Morgan fingerprint density at radius 1 is 1.04 bits per heavy atom. The molecule has 2 aromatic rings. The molecule has 0 spiro atoms. The second-order valence-electron chi connectivity index (χ2n) is 5.44. The van der Waals surface area contributed by atoms with Gasteiger partial charge >= 0.3 is 0 Å². The molecule has 126 valence electrons. The summed E-state index contributed by atoms with van der Waals surface area (Å²) in [5, 5.41) is 6.02. The molecule has 1 unspecified atom stereocenters. The number of methoxy groups -OCH3 is 1. The van der Waals surface area contributed by atoms with E-state index in [0.717, 1.165) is 11.4 Å². The molecule has 0 saturated carbocycles. The van der Waals surface area contributed by atoms with Crippen molar-refractivity contribution in [3.63, 3.8) is 0 Å². The van der Waals surface area contributed by atoms with Gasteiger partial charge in [-0.3, -0.25) is 4.79 Å². The van der Waals surface area contributed by atoms with Gasteiger partial charge in [-0.05, 0) is 43.3 Å². The normalized spacial score (nSPS) is 13.8. The van der Waals surface area contributed by atoms with Crippen molar-refractivity contribution in [2.45, 2.75) is 13.0 Å². The molecule has 1 amide bonds. The summed E-state index contributed by atoms with van der Waals surface area (Å²) in [7, 11) is 1.62. The number of carbonyl (C=O) groups is 1. The largest absolute Gasteiger partial charge is 0.497 e. The number of benzene rings is 2. The van der Waals surface area contributed by atoms with Gasteiger partial charge in [-0.1, -0.05) is 0 Å². The number of hydrogen-bond donors (Lipinski definition) is 2. The molecule has 0 aliphatic carbocycles. The highest BCUT2D eigenvalue weighted by molar-refractivity contribution is 5.96. The fourth-order valence-electron chi connectivity index (χ4n) is 2.37. The van der Waals surface area contributed by atoms with Crippen molar-refractivity contribution >= 4 is 17.3 Å². The minimum Gasteiger partial charge on any atom is -0.497 e. The Kier molecular flexibility index (Phi) is 4.74. The number of rotatable bonds is 5. The van der Waals surface area contributed by atoms with Crippen molar-refractivity contribution in [3.05, 3.63) is 42.5 Å². The zero-order chi connectivity index (χ0) is 16.9. The van der Waals surface area contributed by atoms with Crippen molar-refractivity contribution < 1.29 is 19.0 Å². The summed E-state index contributed by atoms with van der Waals surface area (Å²) in [5.41, 5.74) is 1.52. The first-order valence-electron chi connectivity index (χ1n) is 7.77. The minimum absolute atomic E-state index is 0.137. The van der Waals surface area contributed by atoms with Gasteiger partial charge in [-0.25, -0.2) is 0 Å². The van der Waals surface area contributed by atoms with Crippen molar-refractivity contribution in [3.8, 4) is 17.2 Å². The van der Waals surface area contributed by atoms with Gasteiger partial charge in [0, 0.05) is 17.4 Å². The number of nitrogens with one attached hydrogen (secondary N) is 2. The van der Waals surface area contributed by atoms with Crippen LogP contribution in [-0.4, -0.2) is 32.3 Å². The van der Waals surface area contributed by atoms with Gasteiger partial charge in [-0.15, -0.1) is 0 Å². The summed E-state index contributed by atoms with van der Waals surface area (Å²) < 4.78 is 16.1. The lowest BCUT2D eigenvalue weighted by Gasteiger charge is -2.20. The van der Waals surface area contributed by atoms with Crippen molar-refractivity contribution in [1.82, 2.24) is 0 Å². The Morgan fingerprint density at radius 3 is 2.42 bits per heavy atom. The lowest BCUT2D eigenvalue weighted by atomic mass is 10.2. The van der Waals surface area contributed by atoms with Gasteiger partial charge < -0.3 is 24.8 Å². The molecule has 0 fully saturated rings. The molecule has 24 heavy (non-hydrogen) atoms. The lowest BCUT2D eigenvalue weighted by Crippen LogP contribution is -2.31. The smallest absolute Gasteiger partial charge is 0.246 e. The van der Waals surface area contributed by atoms with Gasteiger partial charge in [-0.2, -0.15) is 0 Å². The van der Waals surface area contributed by atoms with E-state index in [1.165, 1.54) is 0 Å². The molecule has 2 N–H and O–H groups in total. The van der Waals surface area contributed by atoms with Crippen LogP contribution >= 0.6 is 0 Å². The number of ether oxygens (including phenoxy) is 3. The van der Waals surface area contributed by atoms with Gasteiger partial charge in [0.25, 0.3) is 0 Å². The number of amides is 1. The van der Waals surface area contributed by atoms with Crippen molar-refractivity contribution in [2.24, 2.45) is 0 Å². The molecule has 1 aliphatic heterocycles. The summed E-state index contributed by atoms with van der Waals surface area (Å²) in [6.45, 7) is 2.86. The van der Waals surface area contributed by atoms with E-state index in [4.69, 9.17) is 14.2 Å². The van der Waals surface area contributed by atoms with E-state index in [2.05, 4.69) is 10.6 Å². The lowest BCUT2D eigenvalue weighted by molar-refractivity contribution is -0.116. The highest BCUT2D eigenvalue weighted by atomic mass is 16.6. The van der Waals surface area contributed by atoms with E-state index in [-0.39, 0.29) is 5.91 Å². The molecule has 2 aromatic carbocycles. The maximum Gasteiger partial charge on any atom is 0.246 e. The molecular weight excluding hydrogens is 308 g/mol. The Labute approximate surface area is 140 Å². The quantitative estimate of drug-likeness (QED) is 0.883. The third-order valence-electron chi connectivity index (χ3n) is 3.68. The molecule has 0 saturated heterocycles. The van der Waals surface area contributed by atoms with E-state index >= 15 is 0 Å². The van der Waals surface area contributed by atoms with E-state index in [1.54, 1.807) is 32.2 Å². The molecule has 3 rings (SSSR count). The van der Waals surface area contributed by atoms with Crippen LogP contribution in [0.3, 0.4) is 0 Å². The Bertz CT molecular complexity index is 715. The fraction of sp³-hybridized carbons (Fsp3) is 0.278. The number of fused-ring (bicyclic) bond motifs is 1. The number of carbonyl (C=O) groups excluding carboxylic acids is 1.